The zero-order valence-electron chi connectivity index (χ0n) is 15.3. The SMILES string of the molecule is C1=Cc2cccc(c2)-c2ccccc2[C@@H]2C[C@H](C[C@@H]3CCCCN32)OC1. The fourth-order valence-corrected chi connectivity index (χ4v) is 5.15. The summed E-state index contributed by atoms with van der Waals surface area (Å²) in [6, 6.07) is 19.1. The van der Waals surface area contributed by atoms with Gasteiger partial charge in [0, 0.05) is 12.1 Å². The number of ether oxygens (including phenoxy) is 1. The predicted molar refractivity (Wildman–Crippen MR) is 107 cm³/mol. The van der Waals surface area contributed by atoms with E-state index in [1.54, 1.807) is 0 Å². The van der Waals surface area contributed by atoms with Gasteiger partial charge in [-0.3, -0.25) is 4.90 Å². The van der Waals surface area contributed by atoms with E-state index >= 15 is 0 Å². The standard InChI is InChI=1S/C24H27NO/c1-2-12-23-22(11-1)19-9-5-7-18(15-19)8-6-14-26-21-16-20-10-3-4-13-25(20)24(23)17-21/h1-2,5-9,11-12,15,20-21,24H,3-4,10,13-14,16-17H2/t20-,21-,24-/m0/s1. The Labute approximate surface area is 156 Å². The zero-order chi connectivity index (χ0) is 17.3. The minimum atomic E-state index is 0.370. The van der Waals surface area contributed by atoms with Gasteiger partial charge in [-0.2, -0.15) is 0 Å². The second kappa shape index (κ2) is 7.02. The minimum absolute atomic E-state index is 0.370. The van der Waals surface area contributed by atoms with Crippen molar-refractivity contribution in [3.63, 3.8) is 0 Å². The first-order chi connectivity index (χ1) is 12.9. The molecule has 2 aromatic carbocycles. The van der Waals surface area contributed by atoms with Gasteiger partial charge in [0.05, 0.1) is 12.7 Å². The summed E-state index contributed by atoms with van der Waals surface area (Å²) in [6.07, 6.45) is 11.1. The summed E-state index contributed by atoms with van der Waals surface area (Å²) in [5.74, 6) is 0. The number of benzene rings is 2. The van der Waals surface area contributed by atoms with Gasteiger partial charge in [0.1, 0.15) is 0 Å². The molecule has 0 aliphatic carbocycles. The lowest BCUT2D eigenvalue weighted by atomic mass is 9.82. The molecule has 0 unspecified atom stereocenters. The molecule has 3 heterocycles. The molecule has 0 aromatic heterocycles. The summed E-state index contributed by atoms with van der Waals surface area (Å²) in [5, 5.41) is 0. The molecule has 26 heavy (non-hydrogen) atoms. The van der Waals surface area contributed by atoms with E-state index in [1.807, 2.05) is 0 Å². The summed E-state index contributed by atoms with van der Waals surface area (Å²) < 4.78 is 6.31. The van der Waals surface area contributed by atoms with Crippen molar-refractivity contribution in [3.05, 3.63) is 65.7 Å². The van der Waals surface area contributed by atoms with Crippen LogP contribution >= 0.6 is 0 Å². The summed E-state index contributed by atoms with van der Waals surface area (Å²) in [4.78, 5) is 2.79. The smallest absolute Gasteiger partial charge is 0.0654 e. The normalized spacial score (nSPS) is 28.4. The van der Waals surface area contributed by atoms with Crippen molar-refractivity contribution in [3.8, 4) is 11.1 Å². The Kier molecular flexibility index (Phi) is 4.40. The molecule has 3 aliphatic heterocycles. The van der Waals surface area contributed by atoms with Crippen LogP contribution in [0.25, 0.3) is 17.2 Å². The topological polar surface area (TPSA) is 12.5 Å². The van der Waals surface area contributed by atoms with Gasteiger partial charge < -0.3 is 4.74 Å². The van der Waals surface area contributed by atoms with Crippen molar-refractivity contribution in [2.45, 2.75) is 50.3 Å². The van der Waals surface area contributed by atoms with E-state index in [4.69, 9.17) is 4.74 Å². The third-order valence-corrected chi connectivity index (χ3v) is 6.35. The number of rotatable bonds is 0. The highest BCUT2D eigenvalue weighted by molar-refractivity contribution is 5.71. The molecule has 2 nitrogen and oxygen atoms in total. The van der Waals surface area contributed by atoms with Crippen molar-refractivity contribution >= 4 is 6.08 Å². The molecule has 3 atom stereocenters. The van der Waals surface area contributed by atoms with E-state index < -0.39 is 0 Å². The van der Waals surface area contributed by atoms with Crippen molar-refractivity contribution in [1.82, 2.24) is 4.90 Å². The average Bonchev–Trinajstić information content (AvgIpc) is 2.70. The van der Waals surface area contributed by atoms with Crippen LogP contribution in [-0.2, 0) is 4.74 Å². The van der Waals surface area contributed by atoms with Gasteiger partial charge >= 0.3 is 0 Å². The van der Waals surface area contributed by atoms with Crippen molar-refractivity contribution in [2.24, 2.45) is 0 Å². The third-order valence-electron chi connectivity index (χ3n) is 6.35. The van der Waals surface area contributed by atoms with E-state index in [0.717, 1.165) is 13.0 Å². The molecule has 2 aromatic rings. The largest absolute Gasteiger partial charge is 0.374 e. The van der Waals surface area contributed by atoms with Gasteiger partial charge in [0.2, 0.25) is 0 Å². The van der Waals surface area contributed by atoms with E-state index in [-0.39, 0.29) is 0 Å². The van der Waals surface area contributed by atoms with Crippen LogP contribution in [0.2, 0.25) is 0 Å². The van der Waals surface area contributed by atoms with Crippen LogP contribution < -0.4 is 0 Å². The first-order valence-corrected chi connectivity index (χ1v) is 10.1. The monoisotopic (exact) mass is 345 g/mol. The van der Waals surface area contributed by atoms with Gasteiger partial charge in [-0.1, -0.05) is 61.0 Å². The second-order valence-corrected chi connectivity index (χ2v) is 7.95. The predicted octanol–water partition coefficient (Wildman–Crippen LogP) is 5.46. The lowest BCUT2D eigenvalue weighted by Gasteiger charge is -2.48. The van der Waals surface area contributed by atoms with Gasteiger partial charge in [-0.15, -0.1) is 0 Å². The zero-order valence-corrected chi connectivity index (χ0v) is 15.3. The Morgan fingerprint density at radius 2 is 1.92 bits per heavy atom. The van der Waals surface area contributed by atoms with E-state index in [9.17, 15) is 0 Å². The van der Waals surface area contributed by atoms with Crippen LogP contribution in [0, 0.1) is 0 Å². The van der Waals surface area contributed by atoms with Gasteiger partial charge in [-0.25, -0.2) is 0 Å². The summed E-state index contributed by atoms with van der Waals surface area (Å²) >= 11 is 0. The first kappa shape index (κ1) is 16.3. The Morgan fingerprint density at radius 1 is 0.962 bits per heavy atom. The maximum atomic E-state index is 6.31. The fourth-order valence-electron chi connectivity index (χ4n) is 5.15. The second-order valence-electron chi connectivity index (χ2n) is 7.95. The fraction of sp³-hybridized carbons (Fsp3) is 0.417. The summed E-state index contributed by atoms with van der Waals surface area (Å²) in [5.41, 5.74) is 5.45. The summed E-state index contributed by atoms with van der Waals surface area (Å²) in [7, 11) is 0. The molecule has 4 bridgehead atoms. The van der Waals surface area contributed by atoms with Crippen LogP contribution in [0.1, 0.15) is 49.3 Å². The van der Waals surface area contributed by atoms with E-state index in [2.05, 4.69) is 65.6 Å². The van der Waals surface area contributed by atoms with E-state index in [1.165, 1.54) is 54.5 Å². The Bertz CT molecular complexity index is 811. The van der Waals surface area contributed by atoms with Crippen molar-refractivity contribution in [1.29, 1.82) is 0 Å². The van der Waals surface area contributed by atoms with Gasteiger partial charge in [-0.05, 0) is 60.5 Å². The Hall–Kier alpha value is -1.90. The number of hydrogen-bond donors (Lipinski definition) is 0. The van der Waals surface area contributed by atoms with Crippen LogP contribution in [0.5, 0.6) is 0 Å². The average molecular weight is 345 g/mol. The molecule has 134 valence electrons. The Balaban J connectivity index is 1.65. The Morgan fingerprint density at radius 3 is 2.92 bits per heavy atom. The highest BCUT2D eigenvalue weighted by atomic mass is 16.5. The number of piperidine rings is 2. The molecular formula is C24H27NO. The van der Waals surface area contributed by atoms with Crippen molar-refractivity contribution in [2.75, 3.05) is 13.2 Å². The molecule has 0 radical (unpaired) electrons. The molecule has 0 N–H and O–H groups in total. The molecule has 5 rings (SSSR count). The quantitative estimate of drug-likeness (QED) is 0.629. The lowest BCUT2D eigenvalue weighted by Crippen LogP contribution is -2.49. The molecule has 3 aliphatic rings. The highest BCUT2D eigenvalue weighted by Crippen LogP contribution is 2.43. The molecular weight excluding hydrogens is 318 g/mol. The molecule has 2 fully saturated rings. The van der Waals surface area contributed by atoms with Crippen molar-refractivity contribution < 1.29 is 4.74 Å². The maximum Gasteiger partial charge on any atom is 0.0654 e. The minimum Gasteiger partial charge on any atom is -0.374 e. The van der Waals surface area contributed by atoms with E-state index in [0.29, 0.717) is 18.2 Å². The molecule has 2 saturated heterocycles. The molecule has 0 spiro atoms. The third kappa shape index (κ3) is 3.02. The maximum absolute atomic E-state index is 6.31. The highest BCUT2D eigenvalue weighted by Gasteiger charge is 2.38. The number of nitrogens with zero attached hydrogens (tertiary/aromatic N) is 1. The molecule has 2 heteroatoms. The number of fused-ring (bicyclic) bond motifs is 9. The molecule has 0 saturated carbocycles. The molecule has 0 amide bonds. The van der Waals surface area contributed by atoms with Gasteiger partial charge in [0.15, 0.2) is 0 Å². The summed E-state index contributed by atoms with van der Waals surface area (Å²) in [6.45, 7) is 1.95. The van der Waals surface area contributed by atoms with Gasteiger partial charge in [0.25, 0.3) is 0 Å². The first-order valence-electron chi connectivity index (χ1n) is 10.1. The van der Waals surface area contributed by atoms with Crippen LogP contribution in [0.15, 0.2) is 54.6 Å². The van der Waals surface area contributed by atoms with Crippen LogP contribution in [-0.4, -0.2) is 30.2 Å². The van der Waals surface area contributed by atoms with Crippen LogP contribution in [0.4, 0.5) is 0 Å². The lowest BCUT2D eigenvalue weighted by molar-refractivity contribution is -0.0463. The van der Waals surface area contributed by atoms with Crippen LogP contribution in [0.3, 0.4) is 0 Å². The number of hydrogen-bond acceptors (Lipinski definition) is 2.